The van der Waals surface area contributed by atoms with Gasteiger partial charge in [0, 0.05) is 28.3 Å². The number of rotatable bonds is 6. The summed E-state index contributed by atoms with van der Waals surface area (Å²) >= 11 is 0. The maximum Gasteiger partial charge on any atom is 0.294 e. The molecule has 0 aliphatic carbocycles. The molecule has 0 saturated carbocycles. The molecule has 0 saturated heterocycles. The summed E-state index contributed by atoms with van der Waals surface area (Å²) in [5.74, 6) is -0.915. The van der Waals surface area contributed by atoms with Crippen molar-refractivity contribution in [3.05, 3.63) is 77.8 Å². The molecule has 4 rings (SSSR count). The Bertz CT molecular complexity index is 1200. The number of hydrogen-bond acceptors (Lipinski definition) is 6. The number of aliphatic hydroxyl groups excluding tert-OH is 1. The van der Waals surface area contributed by atoms with Crippen LogP contribution in [0.15, 0.2) is 76.7 Å². The first-order valence-corrected chi connectivity index (χ1v) is 10.8. The first-order chi connectivity index (χ1) is 15.7. The molecule has 1 aliphatic rings. The molecule has 1 atom stereocenters. The summed E-state index contributed by atoms with van der Waals surface area (Å²) < 4.78 is 10.7. The predicted molar refractivity (Wildman–Crippen MR) is 124 cm³/mol. The zero-order valence-electron chi connectivity index (χ0n) is 19.0. The molecule has 2 aromatic carbocycles. The van der Waals surface area contributed by atoms with Crippen molar-refractivity contribution in [3.63, 3.8) is 0 Å². The van der Waals surface area contributed by atoms with Crippen LogP contribution >= 0.6 is 0 Å². The summed E-state index contributed by atoms with van der Waals surface area (Å²) in [5, 5.41) is 14.8. The van der Waals surface area contributed by atoms with Crippen LogP contribution in [0.1, 0.15) is 39.3 Å². The van der Waals surface area contributed by atoms with Crippen molar-refractivity contribution in [1.82, 2.24) is 5.16 Å². The molecule has 33 heavy (non-hydrogen) atoms. The quantitative estimate of drug-likeness (QED) is 0.556. The van der Waals surface area contributed by atoms with Crippen LogP contribution in [0.5, 0.6) is 5.75 Å². The Morgan fingerprint density at radius 1 is 1.12 bits per heavy atom. The summed E-state index contributed by atoms with van der Waals surface area (Å²) in [6.07, 6.45) is 1.49. The smallest absolute Gasteiger partial charge is 0.294 e. The van der Waals surface area contributed by atoms with Crippen LogP contribution in [0, 0.1) is 5.41 Å². The van der Waals surface area contributed by atoms with Crippen molar-refractivity contribution >= 4 is 17.4 Å². The average Bonchev–Trinajstić information content (AvgIpc) is 3.41. The third-order valence-corrected chi connectivity index (χ3v) is 5.53. The predicted octanol–water partition coefficient (Wildman–Crippen LogP) is 5.26. The molecule has 170 valence electrons. The van der Waals surface area contributed by atoms with E-state index in [1.807, 2.05) is 37.3 Å². The topological polar surface area (TPSA) is 92.9 Å². The minimum Gasteiger partial charge on any atom is -0.503 e. The van der Waals surface area contributed by atoms with Gasteiger partial charge < -0.3 is 14.4 Å². The molecular weight excluding hydrogens is 420 g/mol. The first kappa shape index (κ1) is 22.3. The number of ketones is 1. The third-order valence-electron chi connectivity index (χ3n) is 5.53. The van der Waals surface area contributed by atoms with E-state index in [4.69, 9.17) is 9.26 Å². The number of ether oxygens (including phenoxy) is 1. The molecule has 1 aliphatic heterocycles. The number of carbonyl (C=O) groups excluding carboxylic acids is 2. The highest BCUT2D eigenvalue weighted by Crippen LogP contribution is 2.46. The third kappa shape index (κ3) is 4.02. The van der Waals surface area contributed by atoms with Crippen molar-refractivity contribution in [3.8, 4) is 17.0 Å². The van der Waals surface area contributed by atoms with Gasteiger partial charge in [-0.1, -0.05) is 56.3 Å². The Hall–Kier alpha value is -3.87. The van der Waals surface area contributed by atoms with Gasteiger partial charge in [0.1, 0.15) is 17.7 Å². The van der Waals surface area contributed by atoms with Crippen molar-refractivity contribution in [2.24, 2.45) is 5.41 Å². The lowest BCUT2D eigenvalue weighted by Gasteiger charge is -2.30. The maximum atomic E-state index is 13.4. The van der Waals surface area contributed by atoms with Gasteiger partial charge in [0.15, 0.2) is 11.5 Å². The second-order valence-electron chi connectivity index (χ2n) is 8.82. The van der Waals surface area contributed by atoms with Crippen LogP contribution in [0.2, 0.25) is 0 Å². The number of aliphatic hydroxyl groups is 1. The van der Waals surface area contributed by atoms with E-state index < -0.39 is 23.1 Å². The number of Topliss-reactive ketones (excluding diaryl/α,β-unsaturated/α-hetero) is 1. The average molecular weight is 447 g/mol. The molecular formula is C26H26N2O5. The summed E-state index contributed by atoms with van der Waals surface area (Å²) in [5.41, 5.74) is 1.91. The molecule has 0 radical (unpaired) electrons. The highest BCUT2D eigenvalue weighted by Gasteiger charge is 2.47. The number of aromatic nitrogens is 1. The SMILES string of the molecule is CCOc1ccccc1C1C(C(=O)C(C)(C)C)=C(O)C(=O)N1c1ccc(-c2ccon2)cc1. The van der Waals surface area contributed by atoms with Crippen LogP contribution in [-0.4, -0.2) is 28.6 Å². The van der Waals surface area contributed by atoms with Crippen molar-refractivity contribution in [2.75, 3.05) is 11.5 Å². The van der Waals surface area contributed by atoms with Gasteiger partial charge >= 0.3 is 0 Å². The monoisotopic (exact) mass is 446 g/mol. The second-order valence-corrected chi connectivity index (χ2v) is 8.82. The fraction of sp³-hybridized carbons (Fsp3) is 0.269. The second kappa shape index (κ2) is 8.58. The van der Waals surface area contributed by atoms with E-state index in [0.29, 0.717) is 29.3 Å². The van der Waals surface area contributed by atoms with E-state index in [0.717, 1.165) is 5.56 Å². The molecule has 1 N–H and O–H groups in total. The van der Waals surface area contributed by atoms with Crippen molar-refractivity contribution in [1.29, 1.82) is 0 Å². The van der Waals surface area contributed by atoms with E-state index in [9.17, 15) is 14.7 Å². The minimum atomic E-state index is -0.829. The fourth-order valence-electron chi connectivity index (χ4n) is 3.95. The molecule has 0 fully saturated rings. The molecule has 3 aromatic rings. The van der Waals surface area contributed by atoms with Gasteiger partial charge in [-0.2, -0.15) is 0 Å². The van der Waals surface area contributed by atoms with Crippen LogP contribution in [0.3, 0.4) is 0 Å². The lowest BCUT2D eigenvalue weighted by atomic mass is 9.82. The van der Waals surface area contributed by atoms with Crippen LogP contribution in [0.4, 0.5) is 5.69 Å². The Labute approximate surface area is 192 Å². The largest absolute Gasteiger partial charge is 0.503 e. The van der Waals surface area contributed by atoms with Crippen molar-refractivity contribution < 1.29 is 24.0 Å². The van der Waals surface area contributed by atoms with E-state index in [1.165, 1.54) is 11.2 Å². The first-order valence-electron chi connectivity index (χ1n) is 10.8. The van der Waals surface area contributed by atoms with E-state index in [2.05, 4.69) is 5.16 Å². The summed E-state index contributed by atoms with van der Waals surface area (Å²) in [4.78, 5) is 28.2. The molecule has 1 unspecified atom stereocenters. The molecule has 1 amide bonds. The lowest BCUT2D eigenvalue weighted by Crippen LogP contribution is -2.33. The van der Waals surface area contributed by atoms with Gasteiger partial charge in [0.05, 0.1) is 18.2 Å². The van der Waals surface area contributed by atoms with E-state index in [-0.39, 0.29) is 11.4 Å². The van der Waals surface area contributed by atoms with Gasteiger partial charge in [-0.25, -0.2) is 0 Å². The van der Waals surface area contributed by atoms with Crippen molar-refractivity contribution in [2.45, 2.75) is 33.7 Å². The Morgan fingerprint density at radius 2 is 1.82 bits per heavy atom. The summed E-state index contributed by atoms with van der Waals surface area (Å²) in [6.45, 7) is 7.58. The zero-order chi connectivity index (χ0) is 23.8. The summed E-state index contributed by atoms with van der Waals surface area (Å²) in [6, 6.07) is 15.3. The highest BCUT2D eigenvalue weighted by molar-refractivity contribution is 6.17. The van der Waals surface area contributed by atoms with E-state index in [1.54, 1.807) is 45.0 Å². The van der Waals surface area contributed by atoms with Gasteiger partial charge in [-0.05, 0) is 25.1 Å². The fourth-order valence-corrected chi connectivity index (χ4v) is 3.95. The molecule has 1 aromatic heterocycles. The number of benzene rings is 2. The normalized spacial score (nSPS) is 16.4. The number of nitrogens with zero attached hydrogens (tertiary/aromatic N) is 2. The molecule has 7 heteroatoms. The standard InChI is InChI=1S/C26H26N2O5/c1-5-32-20-9-7-6-8-18(20)22-21(24(30)26(2,3)4)23(29)25(31)28(22)17-12-10-16(11-13-17)19-14-15-33-27-19/h6-15,22,29H,5H2,1-4H3. The van der Waals surface area contributed by atoms with Gasteiger partial charge in [0.2, 0.25) is 0 Å². The number of carbonyl (C=O) groups is 2. The van der Waals surface area contributed by atoms with Gasteiger partial charge in [-0.3, -0.25) is 14.5 Å². The molecule has 2 heterocycles. The number of para-hydroxylation sites is 1. The molecule has 7 nitrogen and oxygen atoms in total. The number of amides is 1. The van der Waals surface area contributed by atoms with E-state index >= 15 is 0 Å². The highest BCUT2D eigenvalue weighted by atomic mass is 16.5. The molecule has 0 spiro atoms. The van der Waals surface area contributed by atoms with Gasteiger partial charge in [0.25, 0.3) is 5.91 Å². The lowest BCUT2D eigenvalue weighted by molar-refractivity contribution is -0.123. The Morgan fingerprint density at radius 3 is 2.42 bits per heavy atom. The molecule has 0 bridgehead atoms. The maximum absolute atomic E-state index is 13.4. The zero-order valence-corrected chi connectivity index (χ0v) is 19.0. The van der Waals surface area contributed by atoms with Crippen LogP contribution < -0.4 is 9.64 Å². The van der Waals surface area contributed by atoms with Crippen LogP contribution in [0.25, 0.3) is 11.3 Å². The van der Waals surface area contributed by atoms with Crippen LogP contribution in [-0.2, 0) is 9.59 Å². The summed E-state index contributed by atoms with van der Waals surface area (Å²) in [7, 11) is 0. The van der Waals surface area contributed by atoms with Gasteiger partial charge in [-0.15, -0.1) is 0 Å². The Kier molecular flexibility index (Phi) is 5.80. The number of anilines is 1. The number of hydrogen-bond donors (Lipinski definition) is 1. The minimum absolute atomic E-state index is 0.0697. The Balaban J connectivity index is 1.86.